The lowest BCUT2D eigenvalue weighted by Crippen LogP contribution is -1.96. The molecule has 1 aromatic heterocycles. The third-order valence-corrected chi connectivity index (χ3v) is 2.35. The van der Waals surface area contributed by atoms with Gasteiger partial charge in [0.15, 0.2) is 9.99 Å². The van der Waals surface area contributed by atoms with Crippen LogP contribution in [0.2, 0.25) is 10.2 Å². The molecule has 1 aromatic rings. The summed E-state index contributed by atoms with van der Waals surface area (Å²) in [5.74, 6) is 0. The summed E-state index contributed by atoms with van der Waals surface area (Å²) in [5, 5.41) is 4.34. The van der Waals surface area contributed by atoms with Gasteiger partial charge >= 0.3 is 0 Å². The highest BCUT2D eigenvalue weighted by atomic mass is 35.5. The molecule has 0 saturated heterocycles. The molecule has 6 heteroatoms. The summed E-state index contributed by atoms with van der Waals surface area (Å²) in [7, 11) is 1.67. The highest BCUT2D eigenvalue weighted by Crippen LogP contribution is 2.34. The highest BCUT2D eigenvalue weighted by Gasteiger charge is 2.17. The largest absolute Gasteiger partial charge is 0.267 e. The van der Waals surface area contributed by atoms with Gasteiger partial charge in [-0.05, 0) is 0 Å². The molecule has 2 nitrogen and oxygen atoms in total. The Bertz CT molecular complexity index is 268. The predicted molar refractivity (Wildman–Crippen MR) is 47.7 cm³/mol. The Morgan fingerprint density at radius 3 is 2.09 bits per heavy atom. The van der Waals surface area contributed by atoms with Crippen molar-refractivity contribution in [3.05, 3.63) is 15.9 Å². The van der Waals surface area contributed by atoms with Crippen LogP contribution in [0, 0.1) is 0 Å². The Morgan fingerprint density at radius 1 is 1.36 bits per heavy atom. The van der Waals surface area contributed by atoms with Gasteiger partial charge in [-0.3, -0.25) is 4.68 Å². The van der Waals surface area contributed by atoms with E-state index < -0.39 is 4.84 Å². The zero-order valence-corrected chi connectivity index (χ0v) is 8.51. The van der Waals surface area contributed by atoms with Crippen molar-refractivity contribution in [2.75, 3.05) is 0 Å². The summed E-state index contributed by atoms with van der Waals surface area (Å²) in [5.41, 5.74) is 0.514. The Balaban J connectivity index is 3.22. The normalized spacial score (nSPS) is 11.1. The van der Waals surface area contributed by atoms with E-state index in [4.69, 9.17) is 46.4 Å². The fourth-order valence-electron chi connectivity index (χ4n) is 0.714. The van der Waals surface area contributed by atoms with Gasteiger partial charge in [-0.25, -0.2) is 0 Å². The summed E-state index contributed by atoms with van der Waals surface area (Å²) in [4.78, 5) is -0.701. The number of nitrogens with zero attached hydrogens (tertiary/aromatic N) is 2. The lowest BCUT2D eigenvalue weighted by Gasteiger charge is -2.00. The minimum atomic E-state index is -0.701. The lowest BCUT2D eigenvalue weighted by atomic mass is 10.5. The number of halogens is 4. The van der Waals surface area contributed by atoms with E-state index in [0.717, 1.165) is 0 Å². The number of alkyl halides is 2. The van der Waals surface area contributed by atoms with Gasteiger partial charge in [0.2, 0.25) is 0 Å². The first-order chi connectivity index (χ1) is 5.04. The maximum Gasteiger partial charge on any atom is 0.170 e. The van der Waals surface area contributed by atoms with Gasteiger partial charge in [-0.15, -0.1) is 0 Å². The van der Waals surface area contributed by atoms with Gasteiger partial charge in [0.25, 0.3) is 0 Å². The van der Waals surface area contributed by atoms with Crippen LogP contribution in [-0.4, -0.2) is 9.78 Å². The van der Waals surface area contributed by atoms with Gasteiger partial charge in [-0.2, -0.15) is 5.10 Å². The zero-order valence-electron chi connectivity index (χ0n) is 5.48. The average molecular weight is 234 g/mol. The standard InChI is InChI=1S/C5H4Cl4N2/c1-11-3(4(7)8)2(6)5(9)10-11/h4H,1H3. The highest BCUT2D eigenvalue weighted by molar-refractivity contribution is 6.47. The molecule has 0 spiro atoms. The van der Waals surface area contributed by atoms with Crippen LogP contribution < -0.4 is 0 Å². The molecular formula is C5H4Cl4N2. The van der Waals surface area contributed by atoms with Crippen molar-refractivity contribution in [2.45, 2.75) is 4.84 Å². The summed E-state index contributed by atoms with van der Waals surface area (Å²) in [6, 6.07) is 0. The third kappa shape index (κ3) is 1.75. The van der Waals surface area contributed by atoms with Crippen molar-refractivity contribution >= 4 is 46.4 Å². The number of aromatic nitrogens is 2. The minimum Gasteiger partial charge on any atom is -0.267 e. The Kier molecular flexibility index (Phi) is 2.92. The molecule has 0 fully saturated rings. The van der Waals surface area contributed by atoms with Crippen molar-refractivity contribution in [3.8, 4) is 0 Å². The molecule has 0 unspecified atom stereocenters. The van der Waals surface area contributed by atoms with E-state index in [9.17, 15) is 0 Å². The van der Waals surface area contributed by atoms with Gasteiger partial charge in [0.05, 0.1) is 5.69 Å². The molecule has 0 aliphatic rings. The van der Waals surface area contributed by atoms with E-state index in [1.807, 2.05) is 0 Å². The monoisotopic (exact) mass is 232 g/mol. The van der Waals surface area contributed by atoms with E-state index in [0.29, 0.717) is 10.7 Å². The first kappa shape index (κ1) is 9.46. The van der Waals surface area contributed by atoms with Crippen molar-refractivity contribution in [1.29, 1.82) is 0 Å². The summed E-state index contributed by atoms with van der Waals surface area (Å²) >= 11 is 22.5. The smallest absolute Gasteiger partial charge is 0.170 e. The molecule has 1 rings (SSSR count). The molecule has 62 valence electrons. The van der Waals surface area contributed by atoms with E-state index >= 15 is 0 Å². The van der Waals surface area contributed by atoms with Gasteiger partial charge in [0, 0.05) is 7.05 Å². The van der Waals surface area contributed by atoms with Crippen LogP contribution in [0.3, 0.4) is 0 Å². The van der Waals surface area contributed by atoms with Crippen LogP contribution in [0.5, 0.6) is 0 Å². The van der Waals surface area contributed by atoms with Gasteiger partial charge in [-0.1, -0.05) is 46.4 Å². The predicted octanol–water partition coefficient (Wildman–Crippen LogP) is 3.20. The number of aryl methyl sites for hydroxylation is 1. The molecule has 0 radical (unpaired) electrons. The SMILES string of the molecule is Cn1nc(Cl)c(Cl)c1C(Cl)Cl. The van der Waals surface area contributed by atoms with Crippen molar-refractivity contribution in [1.82, 2.24) is 9.78 Å². The van der Waals surface area contributed by atoms with E-state index in [1.165, 1.54) is 4.68 Å². The second-order valence-corrected chi connectivity index (χ2v) is 3.75. The fourth-order valence-corrected chi connectivity index (χ4v) is 1.81. The third-order valence-electron chi connectivity index (χ3n) is 1.20. The van der Waals surface area contributed by atoms with Crippen LogP contribution in [-0.2, 0) is 7.05 Å². The van der Waals surface area contributed by atoms with E-state index in [-0.39, 0.29) is 5.15 Å². The minimum absolute atomic E-state index is 0.218. The zero-order chi connectivity index (χ0) is 8.59. The van der Waals surface area contributed by atoms with Gasteiger partial charge in [0.1, 0.15) is 5.02 Å². The van der Waals surface area contributed by atoms with Gasteiger partial charge < -0.3 is 0 Å². The lowest BCUT2D eigenvalue weighted by molar-refractivity contribution is 0.732. The van der Waals surface area contributed by atoms with Crippen LogP contribution in [0.25, 0.3) is 0 Å². The van der Waals surface area contributed by atoms with Crippen LogP contribution >= 0.6 is 46.4 Å². The molecule has 11 heavy (non-hydrogen) atoms. The number of rotatable bonds is 1. The molecule has 0 bridgehead atoms. The second kappa shape index (κ2) is 3.40. The Morgan fingerprint density at radius 2 is 1.91 bits per heavy atom. The molecule has 0 N–H and O–H groups in total. The molecule has 0 saturated carbocycles. The summed E-state index contributed by atoms with van der Waals surface area (Å²) in [6.45, 7) is 0. The summed E-state index contributed by atoms with van der Waals surface area (Å²) < 4.78 is 1.45. The van der Waals surface area contributed by atoms with Crippen molar-refractivity contribution in [2.24, 2.45) is 7.05 Å². The number of hydrogen-bond donors (Lipinski definition) is 0. The first-order valence-electron chi connectivity index (χ1n) is 2.70. The number of hydrogen-bond acceptors (Lipinski definition) is 1. The maximum absolute atomic E-state index is 5.72. The van der Waals surface area contributed by atoms with Crippen LogP contribution in [0.4, 0.5) is 0 Å². The van der Waals surface area contributed by atoms with Crippen molar-refractivity contribution < 1.29 is 0 Å². The molecular weight excluding hydrogens is 230 g/mol. The maximum atomic E-state index is 5.72. The molecule has 0 atom stereocenters. The molecule has 0 amide bonds. The second-order valence-electron chi connectivity index (χ2n) is 1.91. The Hall–Kier alpha value is 0.370. The van der Waals surface area contributed by atoms with Crippen LogP contribution in [0.1, 0.15) is 10.5 Å². The molecule has 0 aliphatic carbocycles. The molecule has 1 heterocycles. The fraction of sp³-hybridized carbons (Fsp3) is 0.400. The van der Waals surface area contributed by atoms with E-state index in [1.54, 1.807) is 7.05 Å². The molecule has 0 aromatic carbocycles. The summed E-state index contributed by atoms with van der Waals surface area (Å²) in [6.07, 6.45) is 0. The topological polar surface area (TPSA) is 17.8 Å². The quantitative estimate of drug-likeness (QED) is 0.682. The first-order valence-corrected chi connectivity index (χ1v) is 4.33. The average Bonchev–Trinajstić information content (AvgIpc) is 2.07. The molecule has 0 aliphatic heterocycles. The van der Waals surface area contributed by atoms with Crippen molar-refractivity contribution in [3.63, 3.8) is 0 Å². The Labute approximate surface area is 84.0 Å². The van der Waals surface area contributed by atoms with Crippen LogP contribution in [0.15, 0.2) is 0 Å². The van der Waals surface area contributed by atoms with E-state index in [2.05, 4.69) is 5.10 Å².